The number of nitrogens with one attached hydrogen (secondary N) is 1. The second-order valence-electron chi connectivity index (χ2n) is 4.75. The number of hydrogen-bond acceptors (Lipinski definition) is 5. The minimum absolute atomic E-state index is 0.0919. The third kappa shape index (κ3) is 2.63. The molecule has 4 nitrogen and oxygen atoms in total. The molecule has 3 rings (SSSR count). The van der Waals surface area contributed by atoms with E-state index in [1.54, 1.807) is 18.4 Å². The van der Waals surface area contributed by atoms with E-state index in [0.717, 1.165) is 17.7 Å². The molecule has 0 saturated carbocycles. The molecular formula is C15H17N3OS. The lowest BCUT2D eigenvalue weighted by atomic mass is 9.97. The molecule has 104 valence electrons. The van der Waals surface area contributed by atoms with E-state index in [2.05, 4.69) is 40.0 Å². The highest BCUT2D eigenvalue weighted by Crippen LogP contribution is 2.34. The van der Waals surface area contributed by atoms with E-state index in [1.165, 1.54) is 4.88 Å². The molecule has 0 saturated heterocycles. The van der Waals surface area contributed by atoms with E-state index < -0.39 is 0 Å². The molecule has 2 heterocycles. The number of guanidine groups is 1. The third-order valence-corrected chi connectivity index (χ3v) is 4.45. The summed E-state index contributed by atoms with van der Waals surface area (Å²) in [5.74, 6) is 1.37. The molecule has 20 heavy (non-hydrogen) atoms. The first-order chi connectivity index (χ1) is 9.76. The van der Waals surface area contributed by atoms with Gasteiger partial charge in [-0.1, -0.05) is 18.2 Å². The van der Waals surface area contributed by atoms with Crippen LogP contribution in [0, 0.1) is 0 Å². The normalized spacial score (nSPS) is 21.9. The lowest BCUT2D eigenvalue weighted by Gasteiger charge is -2.27. The molecule has 2 aromatic rings. The van der Waals surface area contributed by atoms with Crippen molar-refractivity contribution in [2.45, 2.75) is 18.5 Å². The summed E-state index contributed by atoms with van der Waals surface area (Å²) in [6, 6.07) is 12.5. The smallest absolute Gasteiger partial charge is 0.189 e. The summed E-state index contributed by atoms with van der Waals surface area (Å²) in [4.78, 5) is 5.81. The Morgan fingerprint density at radius 2 is 2.10 bits per heavy atom. The summed E-state index contributed by atoms with van der Waals surface area (Å²) in [7, 11) is 1.67. The quantitative estimate of drug-likeness (QED) is 0.912. The second-order valence-corrected chi connectivity index (χ2v) is 5.73. The summed E-state index contributed by atoms with van der Waals surface area (Å²) in [5, 5.41) is 5.34. The average Bonchev–Trinajstić information content (AvgIpc) is 3.01. The maximum absolute atomic E-state index is 5.93. The van der Waals surface area contributed by atoms with Crippen LogP contribution in [0.4, 0.5) is 0 Å². The zero-order valence-corrected chi connectivity index (χ0v) is 12.1. The second kappa shape index (κ2) is 5.54. The van der Waals surface area contributed by atoms with Crippen molar-refractivity contribution in [3.8, 4) is 5.75 Å². The van der Waals surface area contributed by atoms with E-state index >= 15 is 0 Å². The fourth-order valence-corrected chi connectivity index (χ4v) is 3.22. The number of ether oxygens (including phenoxy) is 1. The molecular weight excluding hydrogens is 270 g/mol. The number of methoxy groups -OCH3 is 1. The Kier molecular flexibility index (Phi) is 3.60. The molecule has 0 fully saturated rings. The maximum Gasteiger partial charge on any atom is 0.189 e. The Bertz CT molecular complexity index is 592. The van der Waals surface area contributed by atoms with Gasteiger partial charge in [0.25, 0.3) is 0 Å². The summed E-state index contributed by atoms with van der Waals surface area (Å²) in [6.07, 6.45) is 0.910. The zero-order valence-electron chi connectivity index (χ0n) is 11.2. The minimum Gasteiger partial charge on any atom is -0.497 e. The van der Waals surface area contributed by atoms with Crippen LogP contribution in [-0.2, 0) is 0 Å². The molecule has 1 aliphatic heterocycles. The van der Waals surface area contributed by atoms with Crippen molar-refractivity contribution in [3.05, 3.63) is 52.2 Å². The van der Waals surface area contributed by atoms with Gasteiger partial charge in [-0.05, 0) is 35.6 Å². The molecule has 0 aliphatic carbocycles. The minimum atomic E-state index is 0.0919. The van der Waals surface area contributed by atoms with Crippen molar-refractivity contribution in [1.29, 1.82) is 0 Å². The molecule has 1 aliphatic rings. The van der Waals surface area contributed by atoms with E-state index in [4.69, 9.17) is 10.5 Å². The Morgan fingerprint density at radius 3 is 2.75 bits per heavy atom. The van der Waals surface area contributed by atoms with Gasteiger partial charge in [-0.25, -0.2) is 4.99 Å². The number of benzene rings is 1. The highest BCUT2D eigenvalue weighted by Gasteiger charge is 2.25. The fourth-order valence-electron chi connectivity index (χ4n) is 2.43. The molecule has 0 amide bonds. The van der Waals surface area contributed by atoms with Crippen LogP contribution in [0.25, 0.3) is 0 Å². The number of rotatable bonds is 3. The van der Waals surface area contributed by atoms with Gasteiger partial charge in [0.1, 0.15) is 5.75 Å². The summed E-state index contributed by atoms with van der Waals surface area (Å²) in [6.45, 7) is 0. The molecule has 0 bridgehead atoms. The number of aliphatic imine (C=N–C) groups is 1. The van der Waals surface area contributed by atoms with Crippen LogP contribution in [0.2, 0.25) is 0 Å². The topological polar surface area (TPSA) is 59.6 Å². The Balaban J connectivity index is 1.83. The standard InChI is InChI=1S/C15H17N3OS/c1-19-11-6-4-10(5-7-11)12-9-13(18-15(16)17-12)14-3-2-8-20-14/h2-8,12-13H,9H2,1H3,(H3,16,17,18). The summed E-state index contributed by atoms with van der Waals surface area (Å²) < 4.78 is 5.19. The van der Waals surface area contributed by atoms with Crippen LogP contribution in [-0.4, -0.2) is 13.1 Å². The van der Waals surface area contributed by atoms with Crippen molar-refractivity contribution in [3.63, 3.8) is 0 Å². The van der Waals surface area contributed by atoms with Crippen LogP contribution in [0.5, 0.6) is 5.75 Å². The average molecular weight is 287 g/mol. The van der Waals surface area contributed by atoms with Crippen LogP contribution in [0.1, 0.15) is 28.9 Å². The first-order valence-electron chi connectivity index (χ1n) is 6.53. The Morgan fingerprint density at radius 1 is 1.30 bits per heavy atom. The van der Waals surface area contributed by atoms with Gasteiger partial charge < -0.3 is 15.8 Å². The van der Waals surface area contributed by atoms with Crippen LogP contribution in [0.3, 0.4) is 0 Å². The van der Waals surface area contributed by atoms with Crippen molar-refractivity contribution < 1.29 is 4.74 Å². The first-order valence-corrected chi connectivity index (χ1v) is 7.41. The van der Waals surface area contributed by atoms with Gasteiger partial charge in [0.2, 0.25) is 0 Å². The summed E-state index contributed by atoms with van der Waals surface area (Å²) >= 11 is 1.74. The van der Waals surface area contributed by atoms with Gasteiger partial charge in [-0.2, -0.15) is 0 Å². The van der Waals surface area contributed by atoms with Crippen LogP contribution < -0.4 is 15.8 Å². The van der Waals surface area contributed by atoms with E-state index in [-0.39, 0.29) is 12.1 Å². The van der Waals surface area contributed by atoms with Gasteiger partial charge in [0.15, 0.2) is 5.96 Å². The van der Waals surface area contributed by atoms with E-state index in [0.29, 0.717) is 5.96 Å². The predicted molar refractivity (Wildman–Crippen MR) is 82.2 cm³/mol. The fraction of sp³-hybridized carbons (Fsp3) is 0.267. The molecule has 3 N–H and O–H groups in total. The van der Waals surface area contributed by atoms with Gasteiger partial charge >= 0.3 is 0 Å². The molecule has 2 atom stereocenters. The Hall–Kier alpha value is -2.01. The van der Waals surface area contributed by atoms with Crippen molar-refractivity contribution in [2.24, 2.45) is 10.7 Å². The number of thiophene rings is 1. The largest absolute Gasteiger partial charge is 0.497 e. The SMILES string of the molecule is COc1ccc(C2CC(c3cccs3)NC(N)=N2)cc1. The monoisotopic (exact) mass is 287 g/mol. The first kappa shape index (κ1) is 13.0. The van der Waals surface area contributed by atoms with Gasteiger partial charge in [0.05, 0.1) is 19.2 Å². The zero-order chi connectivity index (χ0) is 13.9. The highest BCUT2D eigenvalue weighted by molar-refractivity contribution is 7.10. The number of nitrogens with two attached hydrogens (primary N) is 1. The van der Waals surface area contributed by atoms with Crippen LogP contribution in [0.15, 0.2) is 46.8 Å². The lowest BCUT2D eigenvalue weighted by Crippen LogP contribution is -2.39. The van der Waals surface area contributed by atoms with Gasteiger partial charge in [0, 0.05) is 4.88 Å². The molecule has 0 radical (unpaired) electrons. The summed E-state index contributed by atoms with van der Waals surface area (Å²) in [5.41, 5.74) is 7.10. The van der Waals surface area contributed by atoms with E-state index in [1.807, 2.05) is 12.1 Å². The lowest BCUT2D eigenvalue weighted by molar-refractivity contribution is 0.414. The van der Waals surface area contributed by atoms with Crippen LogP contribution >= 0.6 is 11.3 Å². The predicted octanol–water partition coefficient (Wildman–Crippen LogP) is 2.85. The van der Waals surface area contributed by atoms with Crippen molar-refractivity contribution >= 4 is 17.3 Å². The third-order valence-electron chi connectivity index (χ3n) is 3.46. The molecule has 1 aromatic carbocycles. The van der Waals surface area contributed by atoms with Crippen molar-refractivity contribution in [1.82, 2.24) is 5.32 Å². The van der Waals surface area contributed by atoms with E-state index in [9.17, 15) is 0 Å². The van der Waals surface area contributed by atoms with Gasteiger partial charge in [-0.3, -0.25) is 0 Å². The van der Waals surface area contributed by atoms with Crippen molar-refractivity contribution in [2.75, 3.05) is 7.11 Å². The van der Waals surface area contributed by atoms with Gasteiger partial charge in [-0.15, -0.1) is 11.3 Å². The number of hydrogen-bond donors (Lipinski definition) is 2. The highest BCUT2D eigenvalue weighted by atomic mass is 32.1. The molecule has 2 unspecified atom stereocenters. The molecule has 5 heteroatoms. The number of nitrogens with zero attached hydrogens (tertiary/aromatic N) is 1. The Labute approximate surface area is 122 Å². The molecule has 0 spiro atoms. The molecule has 1 aromatic heterocycles. The maximum atomic E-state index is 5.93.